The molecule has 9 rings (SSSR count). The van der Waals surface area contributed by atoms with Crippen LogP contribution >= 0.6 is 11.6 Å². The Labute approximate surface area is 251 Å². The van der Waals surface area contributed by atoms with Crippen molar-refractivity contribution < 1.29 is 23.0 Å². The van der Waals surface area contributed by atoms with E-state index in [2.05, 4.69) is 30.0 Å². The van der Waals surface area contributed by atoms with Crippen molar-refractivity contribution in [2.75, 3.05) is 57.5 Å². The van der Waals surface area contributed by atoms with Crippen LogP contribution in [-0.4, -0.2) is 94.4 Å². The molecular weight excluding hydrogens is 580 g/mol. The van der Waals surface area contributed by atoms with Gasteiger partial charge in [0.15, 0.2) is 5.82 Å². The number of hydrogen-bond acceptors (Lipinski definition) is 9. The second-order valence-corrected chi connectivity index (χ2v) is 12.6. The molecule has 3 fully saturated rings. The van der Waals surface area contributed by atoms with E-state index in [-0.39, 0.29) is 41.9 Å². The highest BCUT2D eigenvalue weighted by atomic mass is 35.5. The summed E-state index contributed by atoms with van der Waals surface area (Å²) in [6, 6.07) is 1.77. The van der Waals surface area contributed by atoms with Crippen molar-refractivity contribution in [1.29, 1.82) is 0 Å². The summed E-state index contributed by atoms with van der Waals surface area (Å²) in [5.74, 6) is 0.503. The molecule has 6 bridgehead atoms. The number of anilines is 1. The van der Waals surface area contributed by atoms with Gasteiger partial charge in [-0.2, -0.15) is 15.1 Å². The van der Waals surface area contributed by atoms with E-state index in [4.69, 9.17) is 30.8 Å². The molecule has 1 N–H and O–H groups in total. The predicted molar refractivity (Wildman–Crippen MR) is 157 cm³/mol. The molecule has 5 aliphatic rings. The van der Waals surface area contributed by atoms with Gasteiger partial charge in [0.1, 0.15) is 42.2 Å². The minimum atomic E-state index is -0.882. The Morgan fingerprint density at radius 3 is 3.00 bits per heavy atom. The third kappa shape index (κ3) is 4.65. The summed E-state index contributed by atoms with van der Waals surface area (Å²) < 4.78 is 49.6. The van der Waals surface area contributed by atoms with Gasteiger partial charge in [-0.3, -0.25) is 15.0 Å². The molecule has 8 heterocycles. The van der Waals surface area contributed by atoms with E-state index in [9.17, 15) is 4.39 Å². The van der Waals surface area contributed by atoms with Crippen molar-refractivity contribution in [2.24, 2.45) is 5.92 Å². The molecule has 226 valence electrons. The first kappa shape index (κ1) is 27.2. The Hall–Kier alpha value is -3.35. The molecular formula is C30H32ClF2N7O3. The van der Waals surface area contributed by atoms with Crippen molar-refractivity contribution in [2.45, 2.75) is 43.8 Å². The molecule has 3 atom stereocenters. The monoisotopic (exact) mass is 611 g/mol. The molecule has 43 heavy (non-hydrogen) atoms. The summed E-state index contributed by atoms with van der Waals surface area (Å²) >= 11 is 6.67. The minimum Gasteiger partial charge on any atom is -0.489 e. The van der Waals surface area contributed by atoms with Crippen LogP contribution in [0.25, 0.3) is 33.1 Å². The first-order valence-corrected chi connectivity index (χ1v) is 15.4. The maximum atomic E-state index is 16.8. The lowest BCUT2D eigenvalue weighted by molar-refractivity contribution is 0.0699. The number of nitrogens with zero attached hydrogens (tertiary/aromatic N) is 6. The highest BCUT2D eigenvalue weighted by molar-refractivity contribution is 6.33. The fourth-order valence-corrected chi connectivity index (χ4v) is 7.67. The lowest BCUT2D eigenvalue weighted by atomic mass is 9.95. The molecule has 3 saturated heterocycles. The fourth-order valence-electron chi connectivity index (χ4n) is 7.41. The minimum absolute atomic E-state index is 0.0379. The highest BCUT2D eigenvalue weighted by Crippen LogP contribution is 2.44. The van der Waals surface area contributed by atoms with E-state index in [1.807, 2.05) is 0 Å². The third-order valence-electron chi connectivity index (χ3n) is 9.41. The largest absolute Gasteiger partial charge is 0.489 e. The van der Waals surface area contributed by atoms with Crippen LogP contribution in [-0.2, 0) is 4.74 Å². The van der Waals surface area contributed by atoms with Crippen LogP contribution in [0.1, 0.15) is 32.1 Å². The van der Waals surface area contributed by atoms with Gasteiger partial charge in [-0.1, -0.05) is 11.6 Å². The first-order chi connectivity index (χ1) is 21.0. The van der Waals surface area contributed by atoms with E-state index in [0.717, 1.165) is 38.8 Å². The fraction of sp³-hybridized carbons (Fsp3) is 0.533. The molecule has 0 radical (unpaired) electrons. The molecule has 0 spiro atoms. The normalized spacial score (nSPS) is 26.0. The summed E-state index contributed by atoms with van der Waals surface area (Å²) in [7, 11) is 0. The molecule has 5 aliphatic heterocycles. The first-order valence-electron chi connectivity index (χ1n) is 15.0. The van der Waals surface area contributed by atoms with Gasteiger partial charge in [0, 0.05) is 37.6 Å². The number of benzene rings is 1. The quantitative estimate of drug-likeness (QED) is 0.345. The molecule has 0 saturated carbocycles. The van der Waals surface area contributed by atoms with E-state index in [0.29, 0.717) is 71.2 Å². The maximum absolute atomic E-state index is 16.8. The lowest BCUT2D eigenvalue weighted by Crippen LogP contribution is -2.43. The van der Waals surface area contributed by atoms with Crippen LogP contribution in [0.3, 0.4) is 0 Å². The van der Waals surface area contributed by atoms with Crippen LogP contribution in [0.15, 0.2) is 18.5 Å². The maximum Gasteiger partial charge on any atom is 0.319 e. The Morgan fingerprint density at radius 1 is 1.14 bits per heavy atom. The smallest absolute Gasteiger partial charge is 0.319 e. The number of ether oxygens (including phenoxy) is 3. The number of piperidine rings is 1. The van der Waals surface area contributed by atoms with Gasteiger partial charge >= 0.3 is 6.01 Å². The summed E-state index contributed by atoms with van der Waals surface area (Å²) in [6.45, 7) is 4.11. The summed E-state index contributed by atoms with van der Waals surface area (Å²) in [6.07, 6.45) is 6.55. The zero-order valence-electron chi connectivity index (χ0n) is 23.6. The number of fused-ring (bicyclic) bond motifs is 7. The number of nitrogens with one attached hydrogen (secondary N) is 1. The van der Waals surface area contributed by atoms with E-state index in [1.165, 1.54) is 0 Å². The second-order valence-electron chi connectivity index (χ2n) is 12.1. The van der Waals surface area contributed by atoms with Gasteiger partial charge in [0.05, 0.1) is 46.4 Å². The summed E-state index contributed by atoms with van der Waals surface area (Å²) in [5.41, 5.74) is 0.751. The number of rotatable bonds is 3. The van der Waals surface area contributed by atoms with Crippen molar-refractivity contribution in [3.05, 3.63) is 29.3 Å². The number of alkyl halides is 1. The Morgan fingerprint density at radius 2 is 2.07 bits per heavy atom. The second kappa shape index (κ2) is 10.7. The zero-order valence-corrected chi connectivity index (χ0v) is 24.4. The number of aromatic nitrogens is 5. The average Bonchev–Trinajstić information content (AvgIpc) is 3.70. The molecule has 13 heteroatoms. The molecule has 1 aromatic carbocycles. The Kier molecular flexibility index (Phi) is 6.75. The summed E-state index contributed by atoms with van der Waals surface area (Å²) in [4.78, 5) is 18.4. The molecule has 10 nitrogen and oxygen atoms in total. The van der Waals surface area contributed by atoms with Crippen LogP contribution in [0.5, 0.6) is 11.8 Å². The van der Waals surface area contributed by atoms with Gasteiger partial charge < -0.3 is 19.1 Å². The molecule has 0 unspecified atom stereocenters. The number of H-pyrrole nitrogens is 1. The lowest BCUT2D eigenvalue weighted by Gasteiger charge is -2.34. The van der Waals surface area contributed by atoms with Crippen molar-refractivity contribution in [3.8, 4) is 23.0 Å². The number of halogens is 3. The highest BCUT2D eigenvalue weighted by Gasteiger charge is 2.49. The van der Waals surface area contributed by atoms with Crippen molar-refractivity contribution >= 4 is 39.2 Å². The molecule has 4 aromatic rings. The zero-order chi connectivity index (χ0) is 29.1. The topological polar surface area (TPSA) is 102 Å². The van der Waals surface area contributed by atoms with Crippen molar-refractivity contribution in [3.63, 3.8) is 0 Å². The van der Waals surface area contributed by atoms with E-state index < -0.39 is 12.0 Å². The van der Waals surface area contributed by atoms with Crippen LogP contribution < -0.4 is 14.4 Å². The standard InChI is InChI=1S/C30H32ClF2N7O3/c31-21-9-22-19(12-35-38-22)23-26-24(33)25-20(11-34-26)28(39-5-1-3-17(13-39)15-41-7-8-42-27(21)23)37-29(36-25)43-16-30-4-2-6-40(30)14-18(32)10-30/h9,11-12,17-18H,1-8,10,13-16H2,(H,35,38)/t17-,18-,30+/m1/s1. The van der Waals surface area contributed by atoms with Crippen molar-refractivity contribution in [1.82, 2.24) is 30.0 Å². The number of pyridine rings is 1. The van der Waals surface area contributed by atoms with Crippen LogP contribution in [0.4, 0.5) is 14.6 Å². The molecule has 0 amide bonds. The van der Waals surface area contributed by atoms with Gasteiger partial charge in [0.25, 0.3) is 0 Å². The summed E-state index contributed by atoms with van der Waals surface area (Å²) in [5, 5.41) is 8.47. The van der Waals surface area contributed by atoms with Crippen LogP contribution in [0, 0.1) is 11.7 Å². The molecule has 3 aromatic heterocycles. The van der Waals surface area contributed by atoms with Gasteiger partial charge in [0.2, 0.25) is 0 Å². The number of aromatic amines is 1. The molecule has 0 aliphatic carbocycles. The SMILES string of the molecule is Fc1c2ncc3c(nc(OC[C@@]45CCCN4C[C@H](F)C5)nc13)N1CCC[C@@H](COCCOc3c(Cl)cc4[nH]ncc4c3-2)C1. The average molecular weight is 612 g/mol. The van der Waals surface area contributed by atoms with Gasteiger partial charge in [-0.05, 0) is 44.2 Å². The van der Waals surface area contributed by atoms with E-state index >= 15 is 4.39 Å². The Bertz CT molecular complexity index is 1710. The van der Waals surface area contributed by atoms with Gasteiger partial charge in [-0.25, -0.2) is 8.78 Å². The number of hydrogen-bond donors (Lipinski definition) is 1. The van der Waals surface area contributed by atoms with E-state index in [1.54, 1.807) is 18.5 Å². The third-order valence-corrected chi connectivity index (χ3v) is 9.69. The van der Waals surface area contributed by atoms with Crippen LogP contribution in [0.2, 0.25) is 5.02 Å². The predicted octanol–water partition coefficient (Wildman–Crippen LogP) is 4.94. The Balaban J connectivity index is 1.29. The van der Waals surface area contributed by atoms with Gasteiger partial charge in [-0.15, -0.1) is 0 Å².